The van der Waals surface area contributed by atoms with Gasteiger partial charge in [-0.05, 0) is 19.8 Å². The van der Waals surface area contributed by atoms with Crippen molar-refractivity contribution < 1.29 is 0 Å². The van der Waals surface area contributed by atoms with Crippen molar-refractivity contribution in [1.29, 1.82) is 0 Å². The van der Waals surface area contributed by atoms with Gasteiger partial charge in [0.15, 0.2) is 0 Å². The predicted octanol–water partition coefficient (Wildman–Crippen LogP) is 0.445. The van der Waals surface area contributed by atoms with Crippen molar-refractivity contribution in [2.24, 2.45) is 0 Å². The van der Waals surface area contributed by atoms with Crippen LogP contribution in [0.1, 0.15) is 31.5 Å². The van der Waals surface area contributed by atoms with E-state index >= 15 is 0 Å². The monoisotopic (exact) mass is 234 g/mol. The fraction of sp³-hybridized carbons (Fsp3) is 0.667. The lowest BCUT2D eigenvalue weighted by atomic mass is 10.2. The van der Waals surface area contributed by atoms with Gasteiger partial charge in [0.05, 0.1) is 0 Å². The minimum Gasteiger partial charge on any atom is -0.354 e. The lowest BCUT2D eigenvalue weighted by Gasteiger charge is -2.32. The Bertz CT molecular complexity index is 466. The normalized spacial score (nSPS) is 25.0. The van der Waals surface area contributed by atoms with Crippen molar-refractivity contribution in [3.63, 3.8) is 0 Å². The maximum Gasteiger partial charge on any atom is 0.252 e. The topological polar surface area (TPSA) is 61.0 Å². The molecule has 1 aromatic rings. The Morgan fingerprint density at radius 3 is 3.00 bits per heavy atom. The summed E-state index contributed by atoms with van der Waals surface area (Å²) in [6.07, 6.45) is 2.31. The van der Waals surface area contributed by atoms with Crippen LogP contribution in [0.25, 0.3) is 0 Å². The molecule has 1 aromatic heterocycles. The van der Waals surface area contributed by atoms with Crippen molar-refractivity contribution in [2.45, 2.75) is 31.7 Å². The molecule has 0 aromatic carbocycles. The molecule has 5 heteroatoms. The summed E-state index contributed by atoms with van der Waals surface area (Å²) in [5.41, 5.74) is -0.0249. The quantitative estimate of drug-likeness (QED) is 0.780. The molecule has 2 fully saturated rings. The molecular formula is C12H18N4O. The highest BCUT2D eigenvalue weighted by Crippen LogP contribution is 2.37. The first-order valence-electron chi connectivity index (χ1n) is 6.32. The number of piperazine rings is 1. The highest BCUT2D eigenvalue weighted by atomic mass is 16.1. The van der Waals surface area contributed by atoms with E-state index in [0.717, 1.165) is 44.1 Å². The summed E-state index contributed by atoms with van der Waals surface area (Å²) >= 11 is 0. The van der Waals surface area contributed by atoms with Gasteiger partial charge in [-0.3, -0.25) is 4.79 Å². The van der Waals surface area contributed by atoms with E-state index in [-0.39, 0.29) is 5.56 Å². The van der Waals surface area contributed by atoms with Crippen LogP contribution in [-0.2, 0) is 0 Å². The van der Waals surface area contributed by atoms with E-state index < -0.39 is 0 Å². The molecule has 2 aliphatic rings. The highest BCUT2D eigenvalue weighted by Gasteiger charge is 2.27. The second kappa shape index (κ2) is 4.14. The standard InChI is InChI=1S/C12H18N4O/c1-8-7-16(5-4-13-8)10-6-11(17)15-12(14-10)9-2-3-9/h6,8-9,13H,2-5,7H2,1H3,(H,14,15,17)/t8-/m1/s1. The van der Waals surface area contributed by atoms with Crippen molar-refractivity contribution in [2.75, 3.05) is 24.5 Å². The largest absolute Gasteiger partial charge is 0.354 e. The molecule has 1 aliphatic carbocycles. The summed E-state index contributed by atoms with van der Waals surface area (Å²) in [5, 5.41) is 3.39. The summed E-state index contributed by atoms with van der Waals surface area (Å²) in [6.45, 7) is 4.95. The number of aromatic nitrogens is 2. The van der Waals surface area contributed by atoms with Crippen molar-refractivity contribution in [3.8, 4) is 0 Å². The van der Waals surface area contributed by atoms with Crippen molar-refractivity contribution >= 4 is 5.82 Å². The zero-order valence-electron chi connectivity index (χ0n) is 10.1. The van der Waals surface area contributed by atoms with Crippen LogP contribution < -0.4 is 15.8 Å². The van der Waals surface area contributed by atoms with E-state index in [2.05, 4.69) is 27.1 Å². The average molecular weight is 234 g/mol. The number of hydrogen-bond acceptors (Lipinski definition) is 4. The molecule has 1 saturated heterocycles. The number of aromatic amines is 1. The molecule has 0 amide bonds. The average Bonchev–Trinajstić information content (AvgIpc) is 3.12. The van der Waals surface area contributed by atoms with Gasteiger partial charge >= 0.3 is 0 Å². The van der Waals surface area contributed by atoms with Gasteiger partial charge in [-0.25, -0.2) is 4.98 Å². The number of anilines is 1. The van der Waals surface area contributed by atoms with E-state index in [0.29, 0.717) is 12.0 Å². The first kappa shape index (κ1) is 10.8. The minimum atomic E-state index is -0.0249. The molecule has 1 aliphatic heterocycles. The number of nitrogens with one attached hydrogen (secondary N) is 2. The molecule has 0 spiro atoms. The van der Waals surface area contributed by atoms with Gasteiger partial charge in [0.1, 0.15) is 11.6 Å². The van der Waals surface area contributed by atoms with Gasteiger partial charge in [-0.15, -0.1) is 0 Å². The fourth-order valence-electron chi connectivity index (χ4n) is 2.32. The van der Waals surface area contributed by atoms with Gasteiger partial charge in [-0.2, -0.15) is 0 Å². The van der Waals surface area contributed by atoms with Crippen LogP contribution in [0.3, 0.4) is 0 Å². The van der Waals surface area contributed by atoms with E-state index in [1.165, 1.54) is 0 Å². The molecule has 3 rings (SSSR count). The predicted molar refractivity (Wildman–Crippen MR) is 66.5 cm³/mol. The second-order valence-electron chi connectivity index (χ2n) is 5.06. The molecule has 2 N–H and O–H groups in total. The molecule has 2 heterocycles. The molecule has 5 nitrogen and oxygen atoms in total. The number of hydrogen-bond donors (Lipinski definition) is 2. The van der Waals surface area contributed by atoms with E-state index in [1.807, 2.05) is 0 Å². The van der Waals surface area contributed by atoms with Crippen LogP contribution in [-0.4, -0.2) is 35.6 Å². The Labute approximate surface area is 100 Å². The molecule has 0 unspecified atom stereocenters. The minimum absolute atomic E-state index is 0.0249. The third kappa shape index (κ3) is 2.34. The summed E-state index contributed by atoms with van der Waals surface area (Å²) in [4.78, 5) is 21.3. The van der Waals surface area contributed by atoms with Crippen LogP contribution in [0.5, 0.6) is 0 Å². The Kier molecular flexibility index (Phi) is 2.63. The lowest BCUT2D eigenvalue weighted by Crippen LogP contribution is -2.49. The second-order valence-corrected chi connectivity index (χ2v) is 5.06. The van der Waals surface area contributed by atoms with Crippen molar-refractivity contribution in [1.82, 2.24) is 15.3 Å². The van der Waals surface area contributed by atoms with Gasteiger partial charge in [-0.1, -0.05) is 0 Å². The molecule has 1 saturated carbocycles. The Hall–Kier alpha value is -1.36. The fourth-order valence-corrected chi connectivity index (χ4v) is 2.32. The maximum absolute atomic E-state index is 11.6. The van der Waals surface area contributed by atoms with Gasteiger partial charge in [0.25, 0.3) is 5.56 Å². The van der Waals surface area contributed by atoms with Gasteiger partial charge in [0, 0.05) is 37.7 Å². The molecule has 17 heavy (non-hydrogen) atoms. The smallest absolute Gasteiger partial charge is 0.252 e. The Balaban J connectivity index is 1.88. The van der Waals surface area contributed by atoms with Crippen LogP contribution in [0.15, 0.2) is 10.9 Å². The van der Waals surface area contributed by atoms with E-state index in [4.69, 9.17) is 0 Å². The molecule has 1 atom stereocenters. The van der Waals surface area contributed by atoms with E-state index in [1.54, 1.807) is 6.07 Å². The number of H-pyrrole nitrogens is 1. The van der Waals surface area contributed by atoms with Crippen LogP contribution in [0.4, 0.5) is 5.82 Å². The summed E-state index contributed by atoms with van der Waals surface area (Å²) in [6, 6.07) is 2.07. The molecule has 92 valence electrons. The zero-order valence-corrected chi connectivity index (χ0v) is 10.1. The molecule has 0 radical (unpaired) electrons. The van der Waals surface area contributed by atoms with Gasteiger partial charge < -0.3 is 15.2 Å². The SMILES string of the molecule is C[C@@H]1CN(c2cc(=O)[nH]c(C3CC3)n2)CCN1. The maximum atomic E-state index is 11.6. The molecule has 0 bridgehead atoms. The van der Waals surface area contributed by atoms with Crippen LogP contribution in [0.2, 0.25) is 0 Å². The van der Waals surface area contributed by atoms with E-state index in [9.17, 15) is 4.79 Å². The lowest BCUT2D eigenvalue weighted by molar-refractivity contribution is 0.481. The summed E-state index contributed by atoms with van der Waals surface area (Å²) in [5.74, 6) is 2.20. The third-order valence-electron chi connectivity index (χ3n) is 3.40. The van der Waals surface area contributed by atoms with Crippen LogP contribution >= 0.6 is 0 Å². The van der Waals surface area contributed by atoms with Gasteiger partial charge in [0.2, 0.25) is 0 Å². The first-order chi connectivity index (χ1) is 8.22. The van der Waals surface area contributed by atoms with Crippen molar-refractivity contribution in [3.05, 3.63) is 22.2 Å². The number of rotatable bonds is 2. The zero-order chi connectivity index (χ0) is 11.8. The number of nitrogens with zero attached hydrogens (tertiary/aromatic N) is 2. The first-order valence-corrected chi connectivity index (χ1v) is 6.32. The van der Waals surface area contributed by atoms with Crippen LogP contribution in [0, 0.1) is 0 Å². The highest BCUT2D eigenvalue weighted by molar-refractivity contribution is 5.39. The summed E-state index contributed by atoms with van der Waals surface area (Å²) < 4.78 is 0. The Morgan fingerprint density at radius 1 is 1.47 bits per heavy atom. The Morgan fingerprint density at radius 2 is 2.29 bits per heavy atom. The third-order valence-corrected chi connectivity index (χ3v) is 3.40. The summed E-state index contributed by atoms with van der Waals surface area (Å²) in [7, 11) is 0. The molecular weight excluding hydrogens is 216 g/mol.